The van der Waals surface area contributed by atoms with Crippen LogP contribution >= 0.6 is 0 Å². The molecule has 0 spiro atoms. The van der Waals surface area contributed by atoms with Gasteiger partial charge in [-0.3, -0.25) is 0 Å². The summed E-state index contributed by atoms with van der Waals surface area (Å²) in [6.45, 7) is 0.931. The fraction of sp³-hybridized carbons (Fsp3) is 0.500. The summed E-state index contributed by atoms with van der Waals surface area (Å²) in [5, 5.41) is 3.23. The van der Waals surface area contributed by atoms with Crippen LogP contribution in [0.3, 0.4) is 0 Å². The number of nitrogens with one attached hydrogen (secondary N) is 1. The molecule has 0 aromatic heterocycles. The highest BCUT2D eigenvalue weighted by Crippen LogP contribution is 2.23. The monoisotopic (exact) mass is 229 g/mol. The van der Waals surface area contributed by atoms with Crippen LogP contribution in [0.5, 0.6) is 0 Å². The third-order valence-corrected chi connectivity index (χ3v) is 2.95. The molecule has 0 saturated carbocycles. The second-order valence-corrected chi connectivity index (χ2v) is 4.15. The van der Waals surface area contributed by atoms with Crippen molar-refractivity contribution in [2.24, 2.45) is 0 Å². The van der Waals surface area contributed by atoms with Gasteiger partial charge in [-0.2, -0.15) is 0 Å². The van der Waals surface area contributed by atoms with Crippen LogP contribution in [0.4, 0.5) is 13.2 Å². The van der Waals surface area contributed by atoms with Crippen molar-refractivity contribution in [3.63, 3.8) is 0 Å². The van der Waals surface area contributed by atoms with Crippen LogP contribution in [0, 0.1) is 5.82 Å². The van der Waals surface area contributed by atoms with E-state index in [1.54, 1.807) is 0 Å². The van der Waals surface area contributed by atoms with Crippen LogP contribution in [0.1, 0.15) is 30.4 Å². The van der Waals surface area contributed by atoms with E-state index in [2.05, 4.69) is 5.32 Å². The highest BCUT2D eigenvalue weighted by molar-refractivity contribution is 5.26. The van der Waals surface area contributed by atoms with Gasteiger partial charge in [-0.15, -0.1) is 0 Å². The van der Waals surface area contributed by atoms with E-state index < -0.39 is 12.2 Å². The van der Waals surface area contributed by atoms with Crippen molar-refractivity contribution in [3.05, 3.63) is 35.1 Å². The molecule has 0 aliphatic carbocycles. The van der Waals surface area contributed by atoms with Gasteiger partial charge in [0.2, 0.25) is 0 Å². The van der Waals surface area contributed by atoms with E-state index in [0.29, 0.717) is 12.0 Å². The molecule has 1 saturated heterocycles. The third-order valence-electron chi connectivity index (χ3n) is 2.95. The lowest BCUT2D eigenvalue weighted by molar-refractivity contribution is 0.151. The second-order valence-electron chi connectivity index (χ2n) is 4.15. The van der Waals surface area contributed by atoms with Crippen LogP contribution in [0.25, 0.3) is 0 Å². The lowest BCUT2D eigenvalue weighted by Gasteiger charge is -2.12. The Balaban J connectivity index is 2.14. The van der Waals surface area contributed by atoms with Gasteiger partial charge in [-0.25, -0.2) is 13.2 Å². The zero-order chi connectivity index (χ0) is 11.5. The lowest BCUT2D eigenvalue weighted by Crippen LogP contribution is -2.24. The van der Waals surface area contributed by atoms with Crippen molar-refractivity contribution in [2.75, 3.05) is 6.54 Å². The molecule has 1 N–H and O–H groups in total. The molecule has 1 nitrogen and oxygen atoms in total. The first-order valence-corrected chi connectivity index (χ1v) is 5.46. The molecule has 2 rings (SSSR count). The molecule has 1 aliphatic heterocycles. The summed E-state index contributed by atoms with van der Waals surface area (Å²) in [4.78, 5) is 0. The van der Waals surface area contributed by atoms with Crippen molar-refractivity contribution >= 4 is 0 Å². The Hall–Kier alpha value is -1.03. The van der Waals surface area contributed by atoms with Gasteiger partial charge < -0.3 is 5.32 Å². The Labute approximate surface area is 92.7 Å². The molecular weight excluding hydrogens is 215 g/mol. The Morgan fingerprint density at radius 2 is 2.19 bits per heavy atom. The maximum Gasteiger partial charge on any atom is 0.263 e. The van der Waals surface area contributed by atoms with Gasteiger partial charge >= 0.3 is 0 Å². The van der Waals surface area contributed by atoms with Crippen LogP contribution in [-0.2, 0) is 6.42 Å². The van der Waals surface area contributed by atoms with Crippen LogP contribution < -0.4 is 5.32 Å². The standard InChI is InChI=1S/C12H14F3N/c13-11-4-3-8(12(14)15)6-9(11)7-10-2-1-5-16-10/h3-4,6,10,12,16H,1-2,5,7H2. The average molecular weight is 229 g/mol. The van der Waals surface area contributed by atoms with Crippen molar-refractivity contribution in [3.8, 4) is 0 Å². The second kappa shape index (κ2) is 4.87. The SMILES string of the molecule is Fc1ccc(C(F)F)cc1CC1CCCN1. The lowest BCUT2D eigenvalue weighted by atomic mass is 10.0. The summed E-state index contributed by atoms with van der Waals surface area (Å²) in [7, 11) is 0. The van der Waals surface area contributed by atoms with Gasteiger partial charge in [0.05, 0.1) is 0 Å². The molecular formula is C12H14F3N. The summed E-state index contributed by atoms with van der Waals surface area (Å²) in [6, 6.07) is 3.78. The van der Waals surface area contributed by atoms with Gasteiger partial charge in [0.1, 0.15) is 5.82 Å². The fourth-order valence-electron chi connectivity index (χ4n) is 2.08. The van der Waals surface area contributed by atoms with E-state index in [1.165, 1.54) is 6.07 Å². The van der Waals surface area contributed by atoms with Gasteiger partial charge in [0, 0.05) is 11.6 Å². The van der Waals surface area contributed by atoms with E-state index >= 15 is 0 Å². The maximum absolute atomic E-state index is 13.4. The molecule has 88 valence electrons. The van der Waals surface area contributed by atoms with Crippen molar-refractivity contribution in [1.29, 1.82) is 0 Å². The number of benzene rings is 1. The Morgan fingerprint density at radius 1 is 1.38 bits per heavy atom. The van der Waals surface area contributed by atoms with E-state index in [4.69, 9.17) is 0 Å². The zero-order valence-corrected chi connectivity index (χ0v) is 8.85. The molecule has 0 amide bonds. The first-order valence-electron chi connectivity index (χ1n) is 5.46. The number of halogens is 3. The molecule has 1 aromatic rings. The predicted octanol–water partition coefficient (Wildman–Crippen LogP) is 3.06. The zero-order valence-electron chi connectivity index (χ0n) is 8.85. The topological polar surface area (TPSA) is 12.0 Å². The molecule has 4 heteroatoms. The molecule has 0 bridgehead atoms. The van der Waals surface area contributed by atoms with Crippen molar-refractivity contribution < 1.29 is 13.2 Å². The van der Waals surface area contributed by atoms with Gasteiger partial charge in [0.25, 0.3) is 6.43 Å². The normalized spacial score (nSPS) is 20.6. The molecule has 1 aromatic carbocycles. The van der Waals surface area contributed by atoms with Crippen molar-refractivity contribution in [1.82, 2.24) is 5.32 Å². The summed E-state index contributed by atoms with van der Waals surface area (Å²) in [5.74, 6) is -0.391. The fourth-order valence-corrected chi connectivity index (χ4v) is 2.08. The quantitative estimate of drug-likeness (QED) is 0.840. The number of alkyl halides is 2. The van der Waals surface area contributed by atoms with Crippen LogP contribution in [0.2, 0.25) is 0 Å². The van der Waals surface area contributed by atoms with Gasteiger partial charge in [-0.05, 0) is 43.5 Å². The summed E-state index contributed by atoms with van der Waals surface area (Å²) in [5.41, 5.74) is 0.284. The number of hydrogen-bond acceptors (Lipinski definition) is 1. The summed E-state index contributed by atoms with van der Waals surface area (Å²) >= 11 is 0. The maximum atomic E-state index is 13.4. The van der Waals surface area contributed by atoms with E-state index in [9.17, 15) is 13.2 Å². The van der Waals surface area contributed by atoms with Gasteiger partial charge in [0.15, 0.2) is 0 Å². The molecule has 1 heterocycles. The minimum absolute atomic E-state index is 0.102. The highest BCUT2D eigenvalue weighted by atomic mass is 19.3. The van der Waals surface area contributed by atoms with E-state index in [-0.39, 0.29) is 11.6 Å². The molecule has 1 fully saturated rings. The Bertz CT molecular complexity index is 359. The Morgan fingerprint density at radius 3 is 2.81 bits per heavy atom. The smallest absolute Gasteiger partial charge is 0.263 e. The van der Waals surface area contributed by atoms with Crippen molar-refractivity contribution in [2.45, 2.75) is 31.7 Å². The molecule has 1 unspecified atom stereocenters. The van der Waals surface area contributed by atoms with E-state index in [1.807, 2.05) is 0 Å². The number of rotatable bonds is 3. The highest BCUT2D eigenvalue weighted by Gasteiger charge is 2.17. The molecule has 1 atom stereocenters. The van der Waals surface area contributed by atoms with E-state index in [0.717, 1.165) is 31.5 Å². The third kappa shape index (κ3) is 2.55. The van der Waals surface area contributed by atoms with Crippen LogP contribution in [0.15, 0.2) is 18.2 Å². The first-order chi connectivity index (χ1) is 7.66. The molecule has 1 aliphatic rings. The largest absolute Gasteiger partial charge is 0.314 e. The summed E-state index contributed by atoms with van der Waals surface area (Å²) < 4.78 is 38.3. The molecule has 16 heavy (non-hydrogen) atoms. The average Bonchev–Trinajstić information content (AvgIpc) is 2.73. The Kier molecular flexibility index (Phi) is 3.49. The first kappa shape index (κ1) is 11.5. The van der Waals surface area contributed by atoms with Gasteiger partial charge in [-0.1, -0.05) is 6.07 Å². The molecule has 0 radical (unpaired) electrons. The summed E-state index contributed by atoms with van der Waals surface area (Å²) in [6.07, 6.45) is 0.0156. The predicted molar refractivity (Wildman–Crippen MR) is 56.1 cm³/mol. The minimum Gasteiger partial charge on any atom is -0.314 e. The van der Waals surface area contributed by atoms with Crippen LogP contribution in [-0.4, -0.2) is 12.6 Å². The minimum atomic E-state index is -2.53. The number of hydrogen-bond donors (Lipinski definition) is 1.